The van der Waals surface area contributed by atoms with Crippen molar-refractivity contribution in [2.75, 3.05) is 26.2 Å². The molecule has 2 rings (SSSR count). The zero-order chi connectivity index (χ0) is 23.1. The van der Waals surface area contributed by atoms with Crippen LogP contribution in [-0.4, -0.2) is 88.8 Å². The van der Waals surface area contributed by atoms with Crippen molar-refractivity contribution in [2.24, 2.45) is 11.7 Å². The molecule has 11 heteroatoms. The molecule has 2 aliphatic heterocycles. The summed E-state index contributed by atoms with van der Waals surface area (Å²) in [4.78, 5) is 63.8. The van der Waals surface area contributed by atoms with Crippen LogP contribution in [0.1, 0.15) is 46.0 Å². The van der Waals surface area contributed by atoms with Crippen molar-refractivity contribution in [1.82, 2.24) is 20.4 Å². The molecule has 4 amide bonds. The van der Waals surface area contributed by atoms with Crippen LogP contribution in [0.15, 0.2) is 0 Å². The molecule has 174 valence electrons. The van der Waals surface area contributed by atoms with E-state index in [2.05, 4.69) is 10.6 Å². The maximum absolute atomic E-state index is 12.8. The zero-order valence-corrected chi connectivity index (χ0v) is 18.1. The summed E-state index contributed by atoms with van der Waals surface area (Å²) in [5, 5.41) is 14.5. The molecule has 0 aromatic carbocycles. The van der Waals surface area contributed by atoms with E-state index in [0.29, 0.717) is 45.2 Å². The van der Waals surface area contributed by atoms with Crippen LogP contribution >= 0.6 is 0 Å². The third-order valence-corrected chi connectivity index (χ3v) is 5.66. The number of amides is 4. The van der Waals surface area contributed by atoms with Crippen LogP contribution in [0.5, 0.6) is 0 Å². The number of carbonyl (C=O) groups excluding carboxylic acids is 4. The van der Waals surface area contributed by atoms with Crippen molar-refractivity contribution in [3.8, 4) is 0 Å². The Balaban J connectivity index is 1.97. The molecule has 0 radical (unpaired) electrons. The summed E-state index contributed by atoms with van der Waals surface area (Å²) in [6, 6.07) is -2.41. The summed E-state index contributed by atoms with van der Waals surface area (Å²) in [5.74, 6) is -2.69. The van der Waals surface area contributed by atoms with E-state index in [1.54, 1.807) is 0 Å². The van der Waals surface area contributed by atoms with Gasteiger partial charge in [-0.2, -0.15) is 0 Å². The average Bonchev–Trinajstić information content (AvgIpc) is 3.39. The van der Waals surface area contributed by atoms with Crippen molar-refractivity contribution in [2.45, 2.75) is 64.1 Å². The van der Waals surface area contributed by atoms with E-state index in [-0.39, 0.29) is 24.9 Å². The first-order chi connectivity index (χ1) is 14.6. The van der Waals surface area contributed by atoms with Crippen LogP contribution in [-0.2, 0) is 24.0 Å². The molecule has 0 aromatic heterocycles. The number of rotatable bonds is 9. The van der Waals surface area contributed by atoms with Gasteiger partial charge in [0.15, 0.2) is 0 Å². The number of hydrogen-bond acceptors (Lipinski definition) is 6. The van der Waals surface area contributed by atoms with Gasteiger partial charge in [0.2, 0.25) is 23.6 Å². The number of nitrogens with two attached hydrogens (primary N) is 1. The first-order valence-electron chi connectivity index (χ1n) is 10.8. The molecular weight excluding hydrogens is 406 g/mol. The lowest BCUT2D eigenvalue weighted by molar-refractivity contribution is -0.148. The molecule has 2 saturated heterocycles. The van der Waals surface area contributed by atoms with E-state index >= 15 is 0 Å². The van der Waals surface area contributed by atoms with Gasteiger partial charge in [-0.3, -0.25) is 19.2 Å². The Morgan fingerprint density at radius 2 is 1.58 bits per heavy atom. The van der Waals surface area contributed by atoms with Crippen molar-refractivity contribution < 1.29 is 29.1 Å². The molecule has 31 heavy (non-hydrogen) atoms. The molecule has 0 unspecified atom stereocenters. The van der Waals surface area contributed by atoms with Gasteiger partial charge >= 0.3 is 5.97 Å². The summed E-state index contributed by atoms with van der Waals surface area (Å²) >= 11 is 0. The van der Waals surface area contributed by atoms with Crippen LogP contribution in [0.2, 0.25) is 0 Å². The number of aliphatic carboxylic acids is 1. The van der Waals surface area contributed by atoms with Crippen LogP contribution in [0.4, 0.5) is 0 Å². The molecule has 0 aliphatic carbocycles. The molecule has 5 N–H and O–H groups in total. The highest BCUT2D eigenvalue weighted by Gasteiger charge is 2.36. The van der Waals surface area contributed by atoms with Crippen molar-refractivity contribution in [3.05, 3.63) is 0 Å². The van der Waals surface area contributed by atoms with Crippen LogP contribution in [0.3, 0.4) is 0 Å². The van der Waals surface area contributed by atoms with Crippen molar-refractivity contribution in [3.63, 3.8) is 0 Å². The molecule has 2 fully saturated rings. The summed E-state index contributed by atoms with van der Waals surface area (Å²) in [6.45, 7) is 4.07. The number of likely N-dealkylation sites (tertiary alicyclic amines) is 2. The predicted octanol–water partition coefficient (Wildman–Crippen LogP) is -1.34. The summed E-state index contributed by atoms with van der Waals surface area (Å²) in [7, 11) is 0. The lowest BCUT2D eigenvalue weighted by Crippen LogP contribution is -2.55. The van der Waals surface area contributed by atoms with Crippen LogP contribution < -0.4 is 16.4 Å². The zero-order valence-electron chi connectivity index (χ0n) is 18.1. The number of carboxylic acid groups (broad SMARTS) is 1. The SMILES string of the molecule is CC(C)C[C@H](NC(=O)[C@@H]1CCCN1C(=O)CN)C(=O)NCC(=O)N1CCC[C@H]1C(=O)O. The standard InChI is InChI=1S/C20H33N5O6/c1-12(2)9-13(23-19(29)14-5-3-7-24(14)16(26)10-21)18(28)22-11-17(27)25-8-4-6-15(25)20(30)31/h12-15H,3-11,21H2,1-2H3,(H,22,28)(H,23,29)(H,30,31)/t13-,14-,15-/m0/s1. The fourth-order valence-corrected chi connectivity index (χ4v) is 4.14. The lowest BCUT2D eigenvalue weighted by atomic mass is 10.0. The smallest absolute Gasteiger partial charge is 0.326 e. The fourth-order valence-electron chi connectivity index (χ4n) is 4.14. The second-order valence-corrected chi connectivity index (χ2v) is 8.44. The van der Waals surface area contributed by atoms with E-state index < -0.39 is 41.8 Å². The molecule has 11 nitrogen and oxygen atoms in total. The maximum atomic E-state index is 12.8. The van der Waals surface area contributed by atoms with E-state index in [9.17, 15) is 29.1 Å². The Morgan fingerprint density at radius 1 is 1.00 bits per heavy atom. The number of carbonyl (C=O) groups is 5. The molecule has 0 spiro atoms. The van der Waals surface area contributed by atoms with Gasteiger partial charge in [-0.05, 0) is 38.0 Å². The Bertz CT molecular complexity index is 712. The molecule has 2 aliphatic rings. The van der Waals surface area contributed by atoms with Gasteiger partial charge < -0.3 is 31.3 Å². The van der Waals surface area contributed by atoms with Crippen molar-refractivity contribution in [1.29, 1.82) is 0 Å². The number of nitrogens with zero attached hydrogens (tertiary/aromatic N) is 2. The number of nitrogens with one attached hydrogen (secondary N) is 2. The third kappa shape index (κ3) is 6.39. The second-order valence-electron chi connectivity index (χ2n) is 8.44. The van der Waals surface area contributed by atoms with Crippen LogP contribution in [0, 0.1) is 5.92 Å². The minimum atomic E-state index is -1.06. The topological polar surface area (TPSA) is 162 Å². The van der Waals surface area contributed by atoms with E-state index in [0.717, 1.165) is 0 Å². The minimum Gasteiger partial charge on any atom is -0.480 e. The molecule has 0 saturated carbocycles. The number of carboxylic acids is 1. The first kappa shape index (κ1) is 24.6. The van der Waals surface area contributed by atoms with E-state index in [4.69, 9.17) is 5.73 Å². The maximum Gasteiger partial charge on any atom is 0.326 e. The molecule has 3 atom stereocenters. The Hall–Kier alpha value is -2.69. The lowest BCUT2D eigenvalue weighted by Gasteiger charge is -2.27. The third-order valence-electron chi connectivity index (χ3n) is 5.66. The van der Waals surface area contributed by atoms with Crippen molar-refractivity contribution >= 4 is 29.6 Å². The van der Waals surface area contributed by atoms with E-state index in [1.807, 2.05) is 13.8 Å². The summed E-state index contributed by atoms with van der Waals surface area (Å²) in [6.07, 6.45) is 2.52. The van der Waals surface area contributed by atoms with Gasteiger partial charge in [0.1, 0.15) is 18.1 Å². The molecule has 2 heterocycles. The highest BCUT2D eigenvalue weighted by molar-refractivity contribution is 5.94. The second kappa shape index (κ2) is 11.1. The predicted molar refractivity (Wildman–Crippen MR) is 111 cm³/mol. The van der Waals surface area contributed by atoms with Gasteiger partial charge in [0.25, 0.3) is 0 Å². The van der Waals surface area contributed by atoms with Gasteiger partial charge in [-0.1, -0.05) is 13.8 Å². The highest BCUT2D eigenvalue weighted by atomic mass is 16.4. The average molecular weight is 440 g/mol. The Kier molecular flexibility index (Phi) is 8.78. The monoisotopic (exact) mass is 439 g/mol. The first-order valence-corrected chi connectivity index (χ1v) is 10.8. The summed E-state index contributed by atoms with van der Waals surface area (Å²) < 4.78 is 0. The Morgan fingerprint density at radius 3 is 2.13 bits per heavy atom. The minimum absolute atomic E-state index is 0.0899. The summed E-state index contributed by atoms with van der Waals surface area (Å²) in [5.41, 5.74) is 5.42. The normalized spacial score (nSPS) is 21.8. The molecule has 0 aromatic rings. The highest BCUT2D eigenvalue weighted by Crippen LogP contribution is 2.19. The molecular formula is C20H33N5O6. The van der Waals surface area contributed by atoms with Gasteiger partial charge in [0, 0.05) is 13.1 Å². The Labute approximate surface area is 181 Å². The fraction of sp³-hybridized carbons (Fsp3) is 0.750. The molecule has 0 bridgehead atoms. The largest absolute Gasteiger partial charge is 0.480 e. The van der Waals surface area contributed by atoms with E-state index in [1.165, 1.54) is 9.80 Å². The van der Waals surface area contributed by atoms with Gasteiger partial charge in [-0.25, -0.2) is 4.79 Å². The van der Waals surface area contributed by atoms with Gasteiger partial charge in [0.05, 0.1) is 13.1 Å². The van der Waals surface area contributed by atoms with Gasteiger partial charge in [-0.15, -0.1) is 0 Å². The quantitative estimate of drug-likeness (QED) is 0.345. The van der Waals surface area contributed by atoms with Crippen LogP contribution in [0.25, 0.3) is 0 Å². The number of hydrogen-bond donors (Lipinski definition) is 4.